The highest BCUT2D eigenvalue weighted by Gasteiger charge is 2.03. The van der Waals surface area contributed by atoms with Crippen molar-refractivity contribution in [2.45, 2.75) is 59.8 Å². The van der Waals surface area contributed by atoms with Gasteiger partial charge in [0.05, 0.1) is 13.2 Å². The smallest absolute Gasteiger partial charge is 0.0700 e. The van der Waals surface area contributed by atoms with Crippen molar-refractivity contribution >= 4 is 0 Å². The molecule has 0 aliphatic heterocycles. The van der Waals surface area contributed by atoms with Crippen molar-refractivity contribution in [3.8, 4) is 0 Å². The minimum atomic E-state index is 0.676. The zero-order valence-corrected chi connectivity index (χ0v) is 14.2. The maximum absolute atomic E-state index is 5.69. The van der Waals surface area contributed by atoms with Crippen LogP contribution in [0.4, 0.5) is 0 Å². The van der Waals surface area contributed by atoms with Gasteiger partial charge in [-0.3, -0.25) is 0 Å². The van der Waals surface area contributed by atoms with E-state index in [0.29, 0.717) is 5.92 Å². The third-order valence-electron chi connectivity index (χ3n) is 3.68. The lowest BCUT2D eigenvalue weighted by Gasteiger charge is -2.13. The molecule has 0 aromatic carbocycles. The summed E-state index contributed by atoms with van der Waals surface area (Å²) < 4.78 is 16.6. The molecule has 0 saturated heterocycles. The monoisotopic (exact) mass is 288 g/mol. The van der Waals surface area contributed by atoms with Gasteiger partial charge in [0.25, 0.3) is 0 Å². The molecule has 2 unspecified atom stereocenters. The highest BCUT2D eigenvalue weighted by atomic mass is 16.5. The van der Waals surface area contributed by atoms with E-state index < -0.39 is 0 Å². The Morgan fingerprint density at radius 2 is 1.05 bits per heavy atom. The predicted molar refractivity (Wildman–Crippen MR) is 85.2 cm³/mol. The van der Waals surface area contributed by atoms with Gasteiger partial charge in [0.15, 0.2) is 0 Å². The van der Waals surface area contributed by atoms with Crippen LogP contribution in [0.2, 0.25) is 0 Å². The summed E-state index contributed by atoms with van der Waals surface area (Å²) in [6.07, 6.45) is 5.76. The van der Waals surface area contributed by atoms with Gasteiger partial charge in [0, 0.05) is 26.4 Å². The minimum absolute atomic E-state index is 0.676. The maximum Gasteiger partial charge on any atom is 0.0700 e. The molecule has 0 spiro atoms. The molecule has 3 heteroatoms. The molecule has 122 valence electrons. The van der Waals surface area contributed by atoms with Gasteiger partial charge in [0.1, 0.15) is 0 Å². The summed E-state index contributed by atoms with van der Waals surface area (Å²) in [6, 6.07) is 0. The Labute approximate surface area is 126 Å². The van der Waals surface area contributed by atoms with Crippen LogP contribution in [-0.2, 0) is 14.2 Å². The fraction of sp³-hybridized carbons (Fsp3) is 1.00. The van der Waals surface area contributed by atoms with E-state index in [-0.39, 0.29) is 0 Å². The molecule has 0 aliphatic carbocycles. The van der Waals surface area contributed by atoms with Crippen molar-refractivity contribution in [3.63, 3.8) is 0 Å². The molecule has 2 atom stereocenters. The van der Waals surface area contributed by atoms with Crippen LogP contribution >= 0.6 is 0 Å². The minimum Gasteiger partial charge on any atom is -0.381 e. The normalized spacial score (nSPS) is 14.4. The van der Waals surface area contributed by atoms with Crippen LogP contribution < -0.4 is 0 Å². The second-order valence-electron chi connectivity index (χ2n) is 5.82. The quantitative estimate of drug-likeness (QED) is 0.421. The van der Waals surface area contributed by atoms with Crippen molar-refractivity contribution in [1.82, 2.24) is 0 Å². The van der Waals surface area contributed by atoms with Gasteiger partial charge >= 0.3 is 0 Å². The zero-order chi connectivity index (χ0) is 15.1. The van der Waals surface area contributed by atoms with Gasteiger partial charge < -0.3 is 14.2 Å². The Hall–Kier alpha value is -0.120. The lowest BCUT2D eigenvalue weighted by Crippen LogP contribution is -2.10. The SMILES string of the molecule is CCCOCCOCCC(C)CCOCCC(C)CC. The molecule has 0 saturated carbocycles. The van der Waals surface area contributed by atoms with Crippen LogP contribution in [0.3, 0.4) is 0 Å². The maximum atomic E-state index is 5.69. The molecule has 0 radical (unpaired) electrons. The van der Waals surface area contributed by atoms with E-state index in [1.165, 1.54) is 12.8 Å². The Morgan fingerprint density at radius 3 is 1.55 bits per heavy atom. The average Bonchev–Trinajstić information content (AvgIpc) is 2.45. The van der Waals surface area contributed by atoms with Crippen molar-refractivity contribution in [2.24, 2.45) is 11.8 Å². The molecule has 0 N–H and O–H groups in total. The second kappa shape index (κ2) is 15.3. The highest BCUT2D eigenvalue weighted by molar-refractivity contribution is 4.53. The van der Waals surface area contributed by atoms with Gasteiger partial charge in [-0.25, -0.2) is 0 Å². The Balaban J connectivity index is 3.18. The summed E-state index contributed by atoms with van der Waals surface area (Å²) in [5.74, 6) is 1.46. The van der Waals surface area contributed by atoms with Crippen LogP contribution in [0.15, 0.2) is 0 Å². The van der Waals surface area contributed by atoms with Crippen LogP contribution in [0, 0.1) is 11.8 Å². The first-order valence-corrected chi connectivity index (χ1v) is 8.43. The summed E-state index contributed by atoms with van der Waals surface area (Å²) >= 11 is 0. The molecule has 0 heterocycles. The molecule has 3 nitrogen and oxygen atoms in total. The largest absolute Gasteiger partial charge is 0.381 e. The first-order valence-electron chi connectivity index (χ1n) is 8.43. The molecule has 0 aromatic rings. The molecular weight excluding hydrogens is 252 g/mol. The Morgan fingerprint density at radius 1 is 0.600 bits per heavy atom. The summed E-state index contributed by atoms with van der Waals surface area (Å²) in [5, 5.41) is 0. The van der Waals surface area contributed by atoms with E-state index >= 15 is 0 Å². The molecule has 0 aromatic heterocycles. The fourth-order valence-corrected chi connectivity index (χ4v) is 1.77. The summed E-state index contributed by atoms with van der Waals surface area (Å²) in [5.41, 5.74) is 0. The summed E-state index contributed by atoms with van der Waals surface area (Å²) in [4.78, 5) is 0. The molecule has 0 amide bonds. The van der Waals surface area contributed by atoms with Crippen molar-refractivity contribution < 1.29 is 14.2 Å². The number of rotatable bonds is 15. The van der Waals surface area contributed by atoms with E-state index in [1.54, 1.807) is 0 Å². The third kappa shape index (κ3) is 14.3. The lowest BCUT2D eigenvalue weighted by molar-refractivity contribution is 0.0411. The van der Waals surface area contributed by atoms with Gasteiger partial charge in [-0.15, -0.1) is 0 Å². The Kier molecular flexibility index (Phi) is 15.2. The van der Waals surface area contributed by atoms with E-state index in [4.69, 9.17) is 14.2 Å². The Bertz CT molecular complexity index is 185. The first kappa shape index (κ1) is 19.9. The van der Waals surface area contributed by atoms with Crippen molar-refractivity contribution in [3.05, 3.63) is 0 Å². The van der Waals surface area contributed by atoms with Crippen molar-refractivity contribution in [2.75, 3.05) is 39.6 Å². The zero-order valence-electron chi connectivity index (χ0n) is 14.2. The van der Waals surface area contributed by atoms with Crippen molar-refractivity contribution in [1.29, 1.82) is 0 Å². The topological polar surface area (TPSA) is 27.7 Å². The summed E-state index contributed by atoms with van der Waals surface area (Å²) in [7, 11) is 0. The molecule has 0 aliphatic rings. The molecule has 0 fully saturated rings. The van der Waals surface area contributed by atoms with Crippen LogP contribution in [-0.4, -0.2) is 39.6 Å². The number of ether oxygens (including phenoxy) is 3. The molecule has 0 bridgehead atoms. The van der Waals surface area contributed by atoms with E-state index in [0.717, 1.165) is 64.8 Å². The first-order chi connectivity index (χ1) is 9.70. The molecule has 20 heavy (non-hydrogen) atoms. The van der Waals surface area contributed by atoms with E-state index in [9.17, 15) is 0 Å². The molecule has 0 rings (SSSR count). The van der Waals surface area contributed by atoms with Gasteiger partial charge in [-0.2, -0.15) is 0 Å². The summed E-state index contributed by atoms with van der Waals surface area (Å²) in [6.45, 7) is 13.8. The second-order valence-corrected chi connectivity index (χ2v) is 5.82. The van der Waals surface area contributed by atoms with Crippen LogP contribution in [0.25, 0.3) is 0 Å². The number of hydrogen-bond donors (Lipinski definition) is 0. The standard InChI is InChI=1S/C17H36O3/c1-5-10-18-14-15-20-13-9-17(4)8-12-19-11-7-16(3)6-2/h16-17H,5-15H2,1-4H3. The van der Waals surface area contributed by atoms with Gasteiger partial charge in [-0.05, 0) is 37.5 Å². The van der Waals surface area contributed by atoms with Crippen LogP contribution in [0.1, 0.15) is 59.8 Å². The van der Waals surface area contributed by atoms with E-state index in [1.807, 2.05) is 0 Å². The fourth-order valence-electron chi connectivity index (χ4n) is 1.77. The predicted octanol–water partition coefficient (Wildman–Crippen LogP) is 4.30. The molecular formula is C17H36O3. The van der Waals surface area contributed by atoms with E-state index in [2.05, 4.69) is 27.7 Å². The third-order valence-corrected chi connectivity index (χ3v) is 3.68. The highest BCUT2D eigenvalue weighted by Crippen LogP contribution is 2.09. The van der Waals surface area contributed by atoms with Gasteiger partial charge in [0.2, 0.25) is 0 Å². The average molecular weight is 288 g/mol. The number of hydrogen-bond acceptors (Lipinski definition) is 3. The van der Waals surface area contributed by atoms with Gasteiger partial charge in [-0.1, -0.05) is 34.1 Å². The van der Waals surface area contributed by atoms with Crippen LogP contribution in [0.5, 0.6) is 0 Å². The lowest BCUT2D eigenvalue weighted by atomic mass is 10.1.